The number of benzene rings is 2. The number of ether oxygens (including phenoxy) is 1. The molecule has 1 aliphatic heterocycles. The SMILES string of the molecule is CCC1CNCC(c2ccc(-c3ccccc3)cc2)O1. The van der Waals surface area contributed by atoms with Gasteiger partial charge in [-0.1, -0.05) is 61.5 Å². The fourth-order valence-corrected chi connectivity index (χ4v) is 2.66. The standard InChI is InChI=1S/C18H21NO/c1-2-17-12-19-13-18(20-17)16-10-8-15(9-11-16)14-6-4-3-5-7-14/h3-11,17-19H,2,12-13H2,1H3. The first-order chi connectivity index (χ1) is 9.86. The van der Waals surface area contributed by atoms with Crippen LogP contribution in [0.15, 0.2) is 54.6 Å². The van der Waals surface area contributed by atoms with Crippen LogP contribution in [0.3, 0.4) is 0 Å². The number of hydrogen-bond acceptors (Lipinski definition) is 2. The quantitative estimate of drug-likeness (QED) is 0.913. The zero-order chi connectivity index (χ0) is 13.8. The van der Waals surface area contributed by atoms with Crippen molar-refractivity contribution in [3.63, 3.8) is 0 Å². The van der Waals surface area contributed by atoms with Gasteiger partial charge >= 0.3 is 0 Å². The maximum absolute atomic E-state index is 6.10. The molecule has 20 heavy (non-hydrogen) atoms. The molecule has 2 atom stereocenters. The average molecular weight is 267 g/mol. The first-order valence-corrected chi connectivity index (χ1v) is 7.38. The fourth-order valence-electron chi connectivity index (χ4n) is 2.66. The smallest absolute Gasteiger partial charge is 0.0953 e. The Morgan fingerprint density at radius 3 is 2.35 bits per heavy atom. The second-order valence-electron chi connectivity index (χ2n) is 5.30. The second-order valence-corrected chi connectivity index (χ2v) is 5.30. The van der Waals surface area contributed by atoms with Crippen LogP contribution in [-0.4, -0.2) is 19.2 Å². The van der Waals surface area contributed by atoms with E-state index in [2.05, 4.69) is 60.8 Å². The van der Waals surface area contributed by atoms with Gasteiger partial charge in [-0.3, -0.25) is 0 Å². The highest BCUT2D eigenvalue weighted by Gasteiger charge is 2.21. The molecule has 0 aromatic heterocycles. The lowest BCUT2D eigenvalue weighted by atomic mass is 10.0. The first kappa shape index (κ1) is 13.3. The molecule has 2 aromatic carbocycles. The zero-order valence-corrected chi connectivity index (χ0v) is 11.9. The van der Waals surface area contributed by atoms with Gasteiger partial charge in [-0.15, -0.1) is 0 Å². The zero-order valence-electron chi connectivity index (χ0n) is 11.9. The lowest BCUT2D eigenvalue weighted by molar-refractivity contribution is -0.0399. The molecule has 1 N–H and O–H groups in total. The molecule has 1 aliphatic rings. The Morgan fingerprint density at radius 2 is 1.65 bits per heavy atom. The number of morpholine rings is 1. The number of nitrogens with one attached hydrogen (secondary N) is 1. The van der Waals surface area contributed by atoms with Gasteiger partial charge in [0.1, 0.15) is 0 Å². The van der Waals surface area contributed by atoms with Gasteiger partial charge in [0.2, 0.25) is 0 Å². The fraction of sp³-hybridized carbons (Fsp3) is 0.333. The summed E-state index contributed by atoms with van der Waals surface area (Å²) >= 11 is 0. The molecule has 0 bridgehead atoms. The Hall–Kier alpha value is -1.64. The molecule has 0 radical (unpaired) electrons. The van der Waals surface area contributed by atoms with Gasteiger partial charge in [0.25, 0.3) is 0 Å². The minimum Gasteiger partial charge on any atom is -0.368 e. The van der Waals surface area contributed by atoms with E-state index in [1.807, 2.05) is 6.07 Å². The summed E-state index contributed by atoms with van der Waals surface area (Å²) in [5, 5.41) is 3.46. The van der Waals surface area contributed by atoms with Crippen LogP contribution in [-0.2, 0) is 4.74 Å². The summed E-state index contributed by atoms with van der Waals surface area (Å²) in [4.78, 5) is 0. The van der Waals surface area contributed by atoms with Crippen molar-refractivity contribution >= 4 is 0 Å². The molecule has 2 heteroatoms. The van der Waals surface area contributed by atoms with Crippen LogP contribution >= 0.6 is 0 Å². The van der Waals surface area contributed by atoms with Gasteiger partial charge < -0.3 is 10.1 Å². The van der Waals surface area contributed by atoms with E-state index in [-0.39, 0.29) is 6.10 Å². The van der Waals surface area contributed by atoms with Crippen LogP contribution in [0.4, 0.5) is 0 Å². The van der Waals surface area contributed by atoms with Gasteiger partial charge in [0, 0.05) is 13.1 Å². The maximum atomic E-state index is 6.10. The molecule has 0 aliphatic carbocycles. The van der Waals surface area contributed by atoms with Gasteiger partial charge in [-0.2, -0.15) is 0 Å². The minimum absolute atomic E-state index is 0.179. The van der Waals surface area contributed by atoms with E-state index in [0.29, 0.717) is 6.10 Å². The lowest BCUT2D eigenvalue weighted by Crippen LogP contribution is -2.40. The van der Waals surface area contributed by atoms with E-state index in [1.54, 1.807) is 0 Å². The first-order valence-electron chi connectivity index (χ1n) is 7.38. The average Bonchev–Trinajstić information content (AvgIpc) is 2.56. The second kappa shape index (κ2) is 6.21. The van der Waals surface area contributed by atoms with Gasteiger partial charge in [0.05, 0.1) is 12.2 Å². The summed E-state index contributed by atoms with van der Waals surface area (Å²) in [7, 11) is 0. The summed E-state index contributed by atoms with van der Waals surface area (Å²) in [6, 6.07) is 19.2. The third-order valence-electron chi connectivity index (χ3n) is 3.90. The number of rotatable bonds is 3. The van der Waals surface area contributed by atoms with Crippen LogP contribution in [0.1, 0.15) is 25.0 Å². The Labute approximate surface area is 120 Å². The number of hydrogen-bond donors (Lipinski definition) is 1. The van der Waals surface area contributed by atoms with Gasteiger partial charge in [0.15, 0.2) is 0 Å². The molecule has 0 spiro atoms. The summed E-state index contributed by atoms with van der Waals surface area (Å²) in [6.45, 7) is 4.05. The Bertz CT molecular complexity index is 535. The molecule has 0 saturated carbocycles. The molecule has 2 nitrogen and oxygen atoms in total. The third-order valence-corrected chi connectivity index (χ3v) is 3.90. The van der Waals surface area contributed by atoms with E-state index < -0.39 is 0 Å². The van der Waals surface area contributed by atoms with Crippen LogP contribution in [0.25, 0.3) is 11.1 Å². The Balaban J connectivity index is 1.76. The predicted molar refractivity (Wildman–Crippen MR) is 82.7 cm³/mol. The largest absolute Gasteiger partial charge is 0.368 e. The molecule has 2 aromatic rings. The van der Waals surface area contributed by atoms with Crippen LogP contribution < -0.4 is 5.32 Å². The van der Waals surface area contributed by atoms with Crippen molar-refractivity contribution in [2.75, 3.05) is 13.1 Å². The molecule has 1 heterocycles. The Kier molecular flexibility index (Phi) is 4.14. The van der Waals surface area contributed by atoms with E-state index in [4.69, 9.17) is 4.74 Å². The van der Waals surface area contributed by atoms with Crippen LogP contribution in [0.2, 0.25) is 0 Å². The van der Waals surface area contributed by atoms with Crippen molar-refractivity contribution in [1.82, 2.24) is 5.32 Å². The molecular weight excluding hydrogens is 246 g/mol. The minimum atomic E-state index is 0.179. The van der Waals surface area contributed by atoms with Crippen LogP contribution in [0, 0.1) is 0 Å². The van der Waals surface area contributed by atoms with Crippen molar-refractivity contribution in [1.29, 1.82) is 0 Å². The molecule has 104 valence electrons. The van der Waals surface area contributed by atoms with Crippen molar-refractivity contribution in [2.24, 2.45) is 0 Å². The van der Waals surface area contributed by atoms with Crippen molar-refractivity contribution in [2.45, 2.75) is 25.6 Å². The Morgan fingerprint density at radius 1 is 0.950 bits per heavy atom. The molecule has 1 fully saturated rings. The lowest BCUT2D eigenvalue weighted by Gasteiger charge is -2.30. The van der Waals surface area contributed by atoms with Crippen molar-refractivity contribution in [3.05, 3.63) is 60.2 Å². The monoisotopic (exact) mass is 267 g/mol. The van der Waals surface area contributed by atoms with Gasteiger partial charge in [-0.25, -0.2) is 0 Å². The predicted octanol–water partition coefficient (Wildman–Crippen LogP) is 3.79. The van der Waals surface area contributed by atoms with E-state index in [1.165, 1.54) is 16.7 Å². The van der Waals surface area contributed by atoms with E-state index >= 15 is 0 Å². The highest BCUT2D eigenvalue weighted by molar-refractivity contribution is 5.63. The normalized spacial score (nSPS) is 22.6. The van der Waals surface area contributed by atoms with Crippen LogP contribution in [0.5, 0.6) is 0 Å². The molecule has 0 amide bonds. The third kappa shape index (κ3) is 2.92. The molecule has 3 rings (SSSR count). The van der Waals surface area contributed by atoms with Crippen molar-refractivity contribution in [3.8, 4) is 11.1 Å². The molecular formula is C18H21NO. The molecule has 1 saturated heterocycles. The highest BCUT2D eigenvalue weighted by Crippen LogP contribution is 2.25. The topological polar surface area (TPSA) is 21.3 Å². The summed E-state index contributed by atoms with van der Waals surface area (Å²) in [6.07, 6.45) is 1.58. The summed E-state index contributed by atoms with van der Waals surface area (Å²) < 4.78 is 6.10. The van der Waals surface area contributed by atoms with Gasteiger partial charge in [-0.05, 0) is 23.1 Å². The maximum Gasteiger partial charge on any atom is 0.0953 e. The summed E-state index contributed by atoms with van der Waals surface area (Å²) in [5.41, 5.74) is 3.77. The van der Waals surface area contributed by atoms with E-state index in [0.717, 1.165) is 19.5 Å². The van der Waals surface area contributed by atoms with E-state index in [9.17, 15) is 0 Å². The highest BCUT2D eigenvalue weighted by atomic mass is 16.5. The van der Waals surface area contributed by atoms with Crippen molar-refractivity contribution < 1.29 is 4.74 Å². The molecule has 2 unspecified atom stereocenters. The summed E-state index contributed by atoms with van der Waals surface area (Å²) in [5.74, 6) is 0.